The lowest BCUT2D eigenvalue weighted by molar-refractivity contribution is -0.142. The molecule has 0 radical (unpaired) electrons. The fourth-order valence-electron chi connectivity index (χ4n) is 2.02. The summed E-state index contributed by atoms with van der Waals surface area (Å²) in [5, 5.41) is 12.0. The molecular formula is C16H20N2O4S2. The highest BCUT2D eigenvalue weighted by atomic mass is 32.2. The fourth-order valence-corrected chi connectivity index (χ4v) is 3.76. The largest absolute Gasteiger partial charge is 0.481 e. The first-order chi connectivity index (χ1) is 11.2. The highest BCUT2D eigenvalue weighted by molar-refractivity contribution is 7.89. The van der Waals surface area contributed by atoms with E-state index in [1.807, 2.05) is 12.3 Å². The minimum atomic E-state index is -3.67. The van der Waals surface area contributed by atoms with Gasteiger partial charge < -0.3 is 5.11 Å². The van der Waals surface area contributed by atoms with Gasteiger partial charge in [0.05, 0.1) is 27.6 Å². The maximum Gasteiger partial charge on any atom is 0.313 e. The van der Waals surface area contributed by atoms with E-state index in [0.29, 0.717) is 11.3 Å². The number of benzene rings is 1. The summed E-state index contributed by atoms with van der Waals surface area (Å²) in [6.45, 7) is 5.27. The molecule has 1 heterocycles. The molecule has 0 spiro atoms. The summed E-state index contributed by atoms with van der Waals surface area (Å²) in [5.41, 5.74) is 0.150. The van der Waals surface area contributed by atoms with Gasteiger partial charge in [-0.25, -0.2) is 18.1 Å². The van der Waals surface area contributed by atoms with Crippen molar-refractivity contribution in [3.8, 4) is 0 Å². The van der Waals surface area contributed by atoms with Crippen molar-refractivity contribution in [3.63, 3.8) is 0 Å². The van der Waals surface area contributed by atoms with E-state index < -0.39 is 21.4 Å². The molecule has 0 aliphatic carbocycles. The molecular weight excluding hydrogens is 348 g/mol. The lowest BCUT2D eigenvalue weighted by atomic mass is 9.85. The first kappa shape index (κ1) is 18.6. The number of carboxylic acids is 1. The molecule has 2 rings (SSSR count). The van der Waals surface area contributed by atoms with Gasteiger partial charge in [0.25, 0.3) is 0 Å². The van der Waals surface area contributed by atoms with Crippen LogP contribution in [0.3, 0.4) is 0 Å². The Kier molecular flexibility index (Phi) is 5.42. The molecule has 130 valence electrons. The number of sulfonamides is 1. The third kappa shape index (κ3) is 4.00. The van der Waals surface area contributed by atoms with Crippen molar-refractivity contribution >= 4 is 27.3 Å². The van der Waals surface area contributed by atoms with Crippen molar-refractivity contribution in [3.05, 3.63) is 45.9 Å². The number of carboxylic acid groups (broad SMARTS) is 1. The number of thiazole rings is 1. The Labute approximate surface area is 145 Å². The number of nitrogens with zero attached hydrogens (tertiary/aromatic N) is 1. The van der Waals surface area contributed by atoms with Crippen LogP contribution in [0.25, 0.3) is 0 Å². The summed E-state index contributed by atoms with van der Waals surface area (Å²) in [6.07, 6.45) is 0.818. The molecule has 0 saturated carbocycles. The number of aliphatic carboxylic acids is 1. The van der Waals surface area contributed by atoms with Crippen molar-refractivity contribution in [1.82, 2.24) is 9.71 Å². The number of hydrogen-bond donors (Lipinski definition) is 2. The molecule has 24 heavy (non-hydrogen) atoms. The summed E-state index contributed by atoms with van der Waals surface area (Å²) >= 11 is 1.50. The molecule has 1 aromatic heterocycles. The molecule has 2 aromatic rings. The quantitative estimate of drug-likeness (QED) is 0.783. The van der Waals surface area contributed by atoms with Crippen LogP contribution in [-0.2, 0) is 33.2 Å². The van der Waals surface area contributed by atoms with Gasteiger partial charge in [0.2, 0.25) is 10.0 Å². The summed E-state index contributed by atoms with van der Waals surface area (Å²) in [4.78, 5) is 15.7. The Morgan fingerprint density at radius 3 is 2.42 bits per heavy atom. The lowest BCUT2D eigenvalue weighted by Gasteiger charge is -2.19. The highest BCUT2D eigenvalue weighted by Gasteiger charge is 2.29. The predicted octanol–water partition coefficient (Wildman–Crippen LogP) is 2.55. The molecule has 0 unspecified atom stereocenters. The van der Waals surface area contributed by atoms with Crippen molar-refractivity contribution < 1.29 is 18.3 Å². The Hall–Kier alpha value is -1.77. The molecule has 6 nitrogen and oxygen atoms in total. The molecule has 0 bridgehead atoms. The van der Waals surface area contributed by atoms with Gasteiger partial charge in [-0.15, -0.1) is 11.3 Å². The second-order valence-corrected chi connectivity index (χ2v) is 8.57. The van der Waals surface area contributed by atoms with E-state index in [1.54, 1.807) is 13.8 Å². The van der Waals surface area contributed by atoms with E-state index >= 15 is 0 Å². The monoisotopic (exact) mass is 368 g/mol. The van der Waals surface area contributed by atoms with Crippen LogP contribution in [0.5, 0.6) is 0 Å². The summed E-state index contributed by atoms with van der Waals surface area (Å²) in [6, 6.07) is 5.89. The lowest BCUT2D eigenvalue weighted by Crippen LogP contribution is -2.28. The normalized spacial score (nSPS) is 12.3. The maximum absolute atomic E-state index is 12.3. The Morgan fingerprint density at radius 2 is 1.92 bits per heavy atom. The molecule has 2 N–H and O–H groups in total. The van der Waals surface area contributed by atoms with Crippen LogP contribution < -0.4 is 4.72 Å². The third-order valence-electron chi connectivity index (χ3n) is 3.77. The molecule has 1 aromatic carbocycles. The number of aromatic nitrogens is 1. The van der Waals surface area contributed by atoms with Crippen LogP contribution >= 0.6 is 11.3 Å². The third-order valence-corrected chi connectivity index (χ3v) is 6.23. The van der Waals surface area contributed by atoms with Gasteiger partial charge in [0, 0.05) is 5.38 Å². The summed E-state index contributed by atoms with van der Waals surface area (Å²) in [5.74, 6) is -0.966. The van der Waals surface area contributed by atoms with Crippen molar-refractivity contribution in [2.75, 3.05) is 0 Å². The van der Waals surface area contributed by atoms with E-state index in [9.17, 15) is 18.3 Å². The van der Waals surface area contributed by atoms with Crippen molar-refractivity contribution in [2.45, 2.75) is 44.0 Å². The average molecular weight is 368 g/mol. The van der Waals surface area contributed by atoms with Crippen LogP contribution in [0.1, 0.15) is 37.0 Å². The maximum atomic E-state index is 12.3. The zero-order valence-corrected chi connectivity index (χ0v) is 15.4. The topological polar surface area (TPSA) is 96.4 Å². The molecule has 8 heteroatoms. The standard InChI is InChI=1S/C16H20N2O4S2/c1-4-14-18-12(10-23-14)9-17-24(21,22)13-7-5-11(6-8-13)16(2,3)15(19)20/h5-8,10,17H,4,9H2,1-3H3,(H,19,20). The van der Waals surface area contributed by atoms with E-state index in [2.05, 4.69) is 9.71 Å². The minimum Gasteiger partial charge on any atom is -0.481 e. The number of aryl methyl sites for hydroxylation is 1. The Balaban J connectivity index is 2.13. The fraction of sp³-hybridized carbons (Fsp3) is 0.375. The first-order valence-electron chi connectivity index (χ1n) is 7.43. The highest BCUT2D eigenvalue weighted by Crippen LogP contribution is 2.24. The van der Waals surface area contributed by atoms with Crippen LogP contribution in [0.15, 0.2) is 34.5 Å². The van der Waals surface area contributed by atoms with E-state index in [4.69, 9.17) is 0 Å². The van der Waals surface area contributed by atoms with Gasteiger partial charge in [-0.1, -0.05) is 19.1 Å². The summed E-state index contributed by atoms with van der Waals surface area (Å²) < 4.78 is 27.2. The average Bonchev–Trinajstić information content (AvgIpc) is 3.01. The first-order valence-corrected chi connectivity index (χ1v) is 9.80. The minimum absolute atomic E-state index is 0.0957. The molecule has 0 aliphatic heterocycles. The van der Waals surface area contributed by atoms with Gasteiger partial charge in [-0.2, -0.15) is 0 Å². The van der Waals surface area contributed by atoms with Crippen LogP contribution in [-0.4, -0.2) is 24.5 Å². The SMILES string of the molecule is CCc1nc(CNS(=O)(=O)c2ccc(C(C)(C)C(=O)O)cc2)cs1. The molecule has 0 amide bonds. The number of nitrogens with one attached hydrogen (secondary N) is 1. The Morgan fingerprint density at radius 1 is 1.29 bits per heavy atom. The second-order valence-electron chi connectivity index (χ2n) is 5.87. The number of rotatable bonds is 7. The van der Waals surface area contributed by atoms with Crippen LogP contribution in [0.4, 0.5) is 0 Å². The van der Waals surface area contributed by atoms with Crippen molar-refractivity contribution in [1.29, 1.82) is 0 Å². The molecule has 0 fully saturated rings. The van der Waals surface area contributed by atoms with Gasteiger partial charge in [-0.3, -0.25) is 4.79 Å². The Bertz CT molecular complexity index is 824. The zero-order valence-electron chi connectivity index (χ0n) is 13.7. The van der Waals surface area contributed by atoms with Crippen molar-refractivity contribution in [2.24, 2.45) is 0 Å². The van der Waals surface area contributed by atoms with Crippen LogP contribution in [0, 0.1) is 0 Å². The summed E-state index contributed by atoms with van der Waals surface area (Å²) in [7, 11) is -3.67. The molecule has 0 aliphatic rings. The number of carbonyl (C=O) groups is 1. The van der Waals surface area contributed by atoms with Crippen LogP contribution in [0.2, 0.25) is 0 Å². The second kappa shape index (κ2) is 7.00. The van der Waals surface area contributed by atoms with Gasteiger partial charge in [-0.05, 0) is 38.0 Å². The molecule has 0 saturated heterocycles. The van der Waals surface area contributed by atoms with E-state index in [-0.39, 0.29) is 11.4 Å². The zero-order chi connectivity index (χ0) is 18.0. The smallest absolute Gasteiger partial charge is 0.313 e. The van der Waals surface area contributed by atoms with Gasteiger partial charge in [0.15, 0.2) is 0 Å². The number of hydrogen-bond acceptors (Lipinski definition) is 5. The molecule has 0 atom stereocenters. The van der Waals surface area contributed by atoms with E-state index in [1.165, 1.54) is 35.6 Å². The van der Waals surface area contributed by atoms with Gasteiger partial charge >= 0.3 is 5.97 Å². The van der Waals surface area contributed by atoms with Gasteiger partial charge in [0.1, 0.15) is 0 Å². The van der Waals surface area contributed by atoms with E-state index in [0.717, 1.165) is 11.4 Å². The predicted molar refractivity (Wildman–Crippen MR) is 92.6 cm³/mol.